The number of benzene rings is 1. The fraction of sp³-hybridized carbons (Fsp3) is 0.273. The Morgan fingerprint density at radius 1 is 1.38 bits per heavy atom. The highest BCUT2D eigenvalue weighted by molar-refractivity contribution is 7.20. The first-order valence-corrected chi connectivity index (χ1v) is 5.60. The van der Waals surface area contributed by atoms with Gasteiger partial charge < -0.3 is 0 Å². The van der Waals surface area contributed by atoms with Gasteiger partial charge >= 0.3 is 0 Å². The molecule has 0 amide bonds. The maximum atomic E-state index is 6.18. The van der Waals surface area contributed by atoms with E-state index in [1.165, 1.54) is 20.5 Å². The second kappa shape index (κ2) is 3.32. The second-order valence-electron chi connectivity index (χ2n) is 3.12. The van der Waals surface area contributed by atoms with E-state index in [-0.39, 0.29) is 0 Å². The van der Waals surface area contributed by atoms with Gasteiger partial charge in [-0.1, -0.05) is 36.7 Å². The summed E-state index contributed by atoms with van der Waals surface area (Å²) in [6.45, 7) is 4.25. The fourth-order valence-electron chi connectivity index (χ4n) is 1.54. The molecule has 0 saturated heterocycles. The van der Waals surface area contributed by atoms with Gasteiger partial charge in [0.15, 0.2) is 0 Å². The second-order valence-corrected chi connectivity index (χ2v) is 4.72. The molecule has 0 atom stereocenters. The number of thiophene rings is 1. The Morgan fingerprint density at radius 3 is 2.85 bits per heavy atom. The fourth-order valence-corrected chi connectivity index (χ4v) is 3.00. The molecule has 0 bridgehead atoms. The van der Waals surface area contributed by atoms with E-state index in [0.717, 1.165) is 11.4 Å². The van der Waals surface area contributed by atoms with E-state index in [4.69, 9.17) is 11.6 Å². The molecule has 13 heavy (non-hydrogen) atoms. The topological polar surface area (TPSA) is 0 Å². The third-order valence-electron chi connectivity index (χ3n) is 2.28. The minimum Gasteiger partial charge on any atom is -0.139 e. The van der Waals surface area contributed by atoms with Crippen LogP contribution in [-0.4, -0.2) is 0 Å². The van der Waals surface area contributed by atoms with E-state index in [9.17, 15) is 0 Å². The molecule has 68 valence electrons. The van der Waals surface area contributed by atoms with Crippen molar-refractivity contribution in [2.75, 3.05) is 0 Å². The molecular formula is C11H11ClS. The standard InChI is InChI=1S/C11H11ClS/c1-3-8-5-4-6-9-10(12)7(2)13-11(8)9/h4-6H,3H2,1-2H3. The van der Waals surface area contributed by atoms with Gasteiger partial charge in [-0.2, -0.15) is 0 Å². The number of aryl methyl sites for hydroxylation is 2. The van der Waals surface area contributed by atoms with Crippen LogP contribution in [0, 0.1) is 6.92 Å². The normalized spacial score (nSPS) is 11.0. The third kappa shape index (κ3) is 1.36. The first-order valence-electron chi connectivity index (χ1n) is 4.40. The summed E-state index contributed by atoms with van der Waals surface area (Å²) >= 11 is 7.98. The highest BCUT2D eigenvalue weighted by atomic mass is 35.5. The zero-order chi connectivity index (χ0) is 9.42. The molecule has 0 aliphatic rings. The van der Waals surface area contributed by atoms with Crippen molar-refractivity contribution in [3.05, 3.63) is 33.7 Å². The van der Waals surface area contributed by atoms with Crippen LogP contribution in [-0.2, 0) is 6.42 Å². The molecule has 0 fully saturated rings. The van der Waals surface area contributed by atoms with Crippen LogP contribution in [0.5, 0.6) is 0 Å². The average Bonchev–Trinajstić information content (AvgIpc) is 2.43. The van der Waals surface area contributed by atoms with Crippen molar-refractivity contribution in [2.45, 2.75) is 20.3 Å². The smallest absolute Gasteiger partial charge is 0.0621 e. The molecule has 0 nitrogen and oxygen atoms in total. The molecular weight excluding hydrogens is 200 g/mol. The lowest BCUT2D eigenvalue weighted by molar-refractivity contribution is 1.16. The Bertz CT molecular complexity index is 443. The van der Waals surface area contributed by atoms with Crippen molar-refractivity contribution in [3.63, 3.8) is 0 Å². The molecule has 0 aliphatic carbocycles. The zero-order valence-corrected chi connectivity index (χ0v) is 9.30. The summed E-state index contributed by atoms with van der Waals surface area (Å²) in [6.07, 6.45) is 1.08. The van der Waals surface area contributed by atoms with Gasteiger partial charge in [0.2, 0.25) is 0 Å². The number of fused-ring (bicyclic) bond motifs is 1. The predicted molar refractivity (Wildman–Crippen MR) is 61.0 cm³/mol. The molecule has 0 spiro atoms. The van der Waals surface area contributed by atoms with Gasteiger partial charge in [0, 0.05) is 15.0 Å². The molecule has 2 rings (SSSR count). The van der Waals surface area contributed by atoms with Crippen molar-refractivity contribution in [1.29, 1.82) is 0 Å². The minimum atomic E-state index is 0.926. The van der Waals surface area contributed by atoms with Crippen LogP contribution in [0.2, 0.25) is 5.02 Å². The maximum Gasteiger partial charge on any atom is 0.0621 e. The lowest BCUT2D eigenvalue weighted by atomic mass is 10.1. The summed E-state index contributed by atoms with van der Waals surface area (Å²) < 4.78 is 1.35. The molecule has 0 N–H and O–H groups in total. The summed E-state index contributed by atoms with van der Waals surface area (Å²) in [5.41, 5.74) is 1.40. The monoisotopic (exact) mass is 210 g/mol. The molecule has 2 heteroatoms. The molecule has 0 aliphatic heterocycles. The summed E-state index contributed by atoms with van der Waals surface area (Å²) in [7, 11) is 0. The lowest BCUT2D eigenvalue weighted by Crippen LogP contribution is -1.77. The van der Waals surface area contributed by atoms with Gasteiger partial charge in [-0.3, -0.25) is 0 Å². The Hall–Kier alpha value is -0.530. The van der Waals surface area contributed by atoms with Gasteiger partial charge in [-0.05, 0) is 18.9 Å². The summed E-state index contributed by atoms with van der Waals surface area (Å²) in [4.78, 5) is 1.22. The van der Waals surface area contributed by atoms with Crippen LogP contribution < -0.4 is 0 Å². The van der Waals surface area contributed by atoms with Crippen LogP contribution in [0.15, 0.2) is 18.2 Å². The van der Waals surface area contributed by atoms with Crippen molar-refractivity contribution >= 4 is 33.0 Å². The van der Waals surface area contributed by atoms with Gasteiger partial charge in [0.25, 0.3) is 0 Å². The largest absolute Gasteiger partial charge is 0.139 e. The van der Waals surface area contributed by atoms with Crippen LogP contribution in [0.1, 0.15) is 17.4 Å². The van der Waals surface area contributed by atoms with E-state index in [1.54, 1.807) is 11.3 Å². The van der Waals surface area contributed by atoms with Crippen LogP contribution in [0.25, 0.3) is 10.1 Å². The highest BCUT2D eigenvalue weighted by Gasteiger charge is 2.08. The van der Waals surface area contributed by atoms with Gasteiger partial charge in [-0.25, -0.2) is 0 Å². The number of hydrogen-bond acceptors (Lipinski definition) is 1. The summed E-state index contributed by atoms with van der Waals surface area (Å²) in [5.74, 6) is 0. The van der Waals surface area contributed by atoms with E-state index >= 15 is 0 Å². The maximum absolute atomic E-state index is 6.18. The lowest BCUT2D eigenvalue weighted by Gasteiger charge is -1.97. The van der Waals surface area contributed by atoms with Crippen molar-refractivity contribution in [2.24, 2.45) is 0 Å². The summed E-state index contributed by atoms with van der Waals surface area (Å²) in [5, 5.41) is 2.14. The van der Waals surface area contributed by atoms with Gasteiger partial charge in [0.1, 0.15) is 0 Å². The van der Waals surface area contributed by atoms with Gasteiger partial charge in [0.05, 0.1) is 5.02 Å². The Morgan fingerprint density at radius 2 is 2.15 bits per heavy atom. The van der Waals surface area contributed by atoms with Crippen molar-refractivity contribution in [3.8, 4) is 0 Å². The van der Waals surface area contributed by atoms with Crippen LogP contribution in [0.3, 0.4) is 0 Å². The number of halogens is 1. The van der Waals surface area contributed by atoms with E-state index in [0.29, 0.717) is 0 Å². The van der Waals surface area contributed by atoms with Gasteiger partial charge in [-0.15, -0.1) is 11.3 Å². The van der Waals surface area contributed by atoms with Crippen LogP contribution >= 0.6 is 22.9 Å². The van der Waals surface area contributed by atoms with E-state index in [2.05, 4.69) is 32.0 Å². The van der Waals surface area contributed by atoms with E-state index < -0.39 is 0 Å². The summed E-state index contributed by atoms with van der Waals surface area (Å²) in [6, 6.07) is 6.36. The third-order valence-corrected chi connectivity index (χ3v) is 4.07. The molecule has 1 heterocycles. The Labute approximate surface area is 87.2 Å². The number of rotatable bonds is 1. The molecule has 0 saturated carbocycles. The molecule has 2 aromatic rings. The molecule has 0 unspecified atom stereocenters. The predicted octanol–water partition coefficient (Wildman–Crippen LogP) is 4.43. The zero-order valence-electron chi connectivity index (χ0n) is 7.73. The molecule has 1 aromatic carbocycles. The highest BCUT2D eigenvalue weighted by Crippen LogP contribution is 2.36. The minimum absolute atomic E-state index is 0.926. The van der Waals surface area contributed by atoms with Crippen LogP contribution in [0.4, 0.5) is 0 Å². The Balaban J connectivity index is 2.84. The quantitative estimate of drug-likeness (QED) is 0.654. The first-order chi connectivity index (χ1) is 6.24. The molecule has 1 aromatic heterocycles. The SMILES string of the molecule is CCc1cccc2c(Cl)c(C)sc12. The Kier molecular flexibility index (Phi) is 2.31. The van der Waals surface area contributed by atoms with Crippen molar-refractivity contribution < 1.29 is 0 Å². The average molecular weight is 211 g/mol. The van der Waals surface area contributed by atoms with Crippen molar-refractivity contribution in [1.82, 2.24) is 0 Å². The first kappa shape index (κ1) is 9.04. The molecule has 0 radical (unpaired) electrons. The number of hydrogen-bond donors (Lipinski definition) is 0. The van der Waals surface area contributed by atoms with E-state index in [1.807, 2.05) is 0 Å².